The van der Waals surface area contributed by atoms with Gasteiger partial charge >= 0.3 is 0 Å². The highest BCUT2D eigenvalue weighted by Crippen LogP contribution is 2.57. The van der Waals surface area contributed by atoms with Crippen molar-refractivity contribution >= 4 is 43.1 Å². The van der Waals surface area contributed by atoms with Gasteiger partial charge in [-0.25, -0.2) is 0 Å². The minimum absolute atomic E-state index is 0.214. The van der Waals surface area contributed by atoms with E-state index in [4.69, 9.17) is 4.74 Å². The zero-order valence-corrected chi connectivity index (χ0v) is 25.8. The van der Waals surface area contributed by atoms with E-state index in [0.717, 1.165) is 23.0 Å². The lowest BCUT2D eigenvalue weighted by molar-refractivity contribution is 0.454. The molecule has 0 atom stereocenters. The second kappa shape index (κ2) is 13.0. The van der Waals surface area contributed by atoms with Gasteiger partial charge in [-0.2, -0.15) is 0 Å². The number of fused-ring (bicyclic) bond motifs is 2. The maximum Gasteiger partial charge on any atom is 0.163 e. The normalized spacial score (nSPS) is 13.4. The molecule has 3 rings (SSSR count). The molecule has 2 aromatic rings. The molecule has 0 unspecified atom stereocenters. The van der Waals surface area contributed by atoms with Gasteiger partial charge in [0.25, 0.3) is 0 Å². The fraction of sp³-hybridized carbons (Fsp3) is 0.600. The highest BCUT2D eigenvalue weighted by atomic mass is 32.2. The van der Waals surface area contributed by atoms with E-state index in [9.17, 15) is 0 Å². The molecule has 1 aliphatic rings. The Kier molecular flexibility index (Phi) is 10.6. The van der Waals surface area contributed by atoms with E-state index < -0.39 is 8.24 Å². The standard InChI is InChI=1S/C30H47NOS2Si/c1-8-10-12-14-22-33-26-20-16-18-24-28(26)32-29-25(31(24)35(6,7)30(3,4)5)19-17-21-27(29)34-23-15-13-11-9-2/h16-21H,8-15,22-23H2,1-7H3. The lowest BCUT2D eigenvalue weighted by Gasteiger charge is -2.49. The van der Waals surface area contributed by atoms with Crippen molar-refractivity contribution in [2.45, 2.75) is 114 Å². The number of ether oxygens (including phenoxy) is 1. The van der Waals surface area contributed by atoms with Crippen molar-refractivity contribution in [2.24, 2.45) is 0 Å². The van der Waals surface area contributed by atoms with E-state index >= 15 is 0 Å². The molecular weight excluding hydrogens is 483 g/mol. The Morgan fingerprint density at radius 1 is 0.714 bits per heavy atom. The van der Waals surface area contributed by atoms with Crippen molar-refractivity contribution in [3.05, 3.63) is 36.4 Å². The molecule has 0 spiro atoms. The predicted octanol–water partition coefficient (Wildman–Crippen LogP) is 11.3. The molecule has 2 nitrogen and oxygen atoms in total. The van der Waals surface area contributed by atoms with Gasteiger partial charge in [0, 0.05) is 0 Å². The predicted molar refractivity (Wildman–Crippen MR) is 162 cm³/mol. The molecule has 0 radical (unpaired) electrons. The molecule has 1 heterocycles. The second-order valence-electron chi connectivity index (χ2n) is 11.3. The van der Waals surface area contributed by atoms with Crippen molar-refractivity contribution in [1.82, 2.24) is 0 Å². The van der Waals surface area contributed by atoms with Crippen LogP contribution in [0.4, 0.5) is 11.4 Å². The van der Waals surface area contributed by atoms with Gasteiger partial charge in [-0.3, -0.25) is 0 Å². The molecule has 2 aromatic carbocycles. The first-order valence-corrected chi connectivity index (χ1v) is 18.6. The zero-order chi connectivity index (χ0) is 25.5. The quantitative estimate of drug-likeness (QED) is 0.145. The Labute approximate surface area is 225 Å². The van der Waals surface area contributed by atoms with Crippen LogP contribution < -0.4 is 9.30 Å². The number of hydrogen-bond donors (Lipinski definition) is 0. The lowest BCUT2D eigenvalue weighted by Crippen LogP contribution is -2.53. The molecular formula is C30H47NOS2Si. The summed E-state index contributed by atoms with van der Waals surface area (Å²) in [5.74, 6) is 4.45. The number of anilines is 2. The largest absolute Gasteiger partial charge is 0.451 e. The molecule has 5 heteroatoms. The Morgan fingerprint density at radius 3 is 1.57 bits per heavy atom. The van der Waals surface area contributed by atoms with Gasteiger partial charge in [-0.05, 0) is 53.7 Å². The number of para-hydroxylation sites is 2. The molecule has 0 aromatic heterocycles. The third kappa shape index (κ3) is 6.84. The van der Waals surface area contributed by atoms with Crippen molar-refractivity contribution in [3.63, 3.8) is 0 Å². The summed E-state index contributed by atoms with van der Waals surface area (Å²) >= 11 is 3.94. The molecule has 0 amide bonds. The van der Waals surface area contributed by atoms with Gasteiger partial charge in [0.1, 0.15) is 0 Å². The molecule has 0 bridgehead atoms. The Morgan fingerprint density at radius 2 is 1.17 bits per heavy atom. The van der Waals surface area contributed by atoms with Gasteiger partial charge in [0.15, 0.2) is 19.7 Å². The van der Waals surface area contributed by atoms with Crippen LogP contribution in [-0.4, -0.2) is 19.7 Å². The molecule has 0 aliphatic carbocycles. The summed E-state index contributed by atoms with van der Waals surface area (Å²) in [7, 11) is -1.92. The van der Waals surface area contributed by atoms with E-state index in [1.54, 1.807) is 0 Å². The number of rotatable bonds is 13. The first-order chi connectivity index (χ1) is 16.7. The maximum absolute atomic E-state index is 6.87. The van der Waals surface area contributed by atoms with Crippen molar-refractivity contribution in [2.75, 3.05) is 16.1 Å². The summed E-state index contributed by atoms with van der Waals surface area (Å²) in [5, 5.41) is 0.214. The van der Waals surface area contributed by atoms with E-state index in [1.165, 1.54) is 72.5 Å². The highest BCUT2D eigenvalue weighted by Gasteiger charge is 2.46. The monoisotopic (exact) mass is 529 g/mol. The lowest BCUT2D eigenvalue weighted by atomic mass is 10.2. The van der Waals surface area contributed by atoms with Crippen molar-refractivity contribution in [1.29, 1.82) is 0 Å². The number of nitrogens with zero attached hydrogens (tertiary/aromatic N) is 1. The fourth-order valence-corrected chi connectivity index (χ4v) is 8.65. The van der Waals surface area contributed by atoms with E-state index in [2.05, 4.69) is 88.7 Å². The number of hydrogen-bond acceptors (Lipinski definition) is 4. The average molecular weight is 530 g/mol. The number of unbranched alkanes of at least 4 members (excludes halogenated alkanes) is 6. The fourth-order valence-electron chi connectivity index (χ4n) is 4.38. The van der Waals surface area contributed by atoms with Gasteiger partial charge in [-0.1, -0.05) is 98.4 Å². The molecule has 0 N–H and O–H groups in total. The Balaban J connectivity index is 1.98. The van der Waals surface area contributed by atoms with E-state index in [0.29, 0.717) is 0 Å². The first kappa shape index (κ1) is 28.5. The molecule has 35 heavy (non-hydrogen) atoms. The summed E-state index contributed by atoms with van der Waals surface area (Å²) in [6.45, 7) is 16.8. The zero-order valence-electron chi connectivity index (χ0n) is 23.2. The first-order valence-electron chi connectivity index (χ1n) is 13.7. The van der Waals surface area contributed by atoms with Crippen LogP contribution in [0.2, 0.25) is 18.1 Å². The third-order valence-corrected chi connectivity index (χ3v) is 15.0. The second-order valence-corrected chi connectivity index (χ2v) is 18.6. The topological polar surface area (TPSA) is 12.5 Å². The number of thioether (sulfide) groups is 2. The molecule has 0 fully saturated rings. The average Bonchev–Trinajstić information content (AvgIpc) is 2.81. The summed E-state index contributed by atoms with van der Waals surface area (Å²) in [6, 6.07) is 13.5. The summed E-state index contributed by atoms with van der Waals surface area (Å²) in [6.07, 6.45) is 10.4. The highest BCUT2D eigenvalue weighted by molar-refractivity contribution is 7.99. The molecule has 0 saturated carbocycles. The summed E-state index contributed by atoms with van der Waals surface area (Å²) in [5.41, 5.74) is 2.51. The minimum atomic E-state index is -1.92. The third-order valence-electron chi connectivity index (χ3n) is 7.51. The van der Waals surface area contributed by atoms with Gasteiger partial charge in [0.2, 0.25) is 0 Å². The minimum Gasteiger partial charge on any atom is -0.451 e. The molecule has 1 aliphatic heterocycles. The van der Waals surface area contributed by atoms with Crippen LogP contribution in [0.5, 0.6) is 11.5 Å². The van der Waals surface area contributed by atoms with Crippen LogP contribution >= 0.6 is 23.5 Å². The molecule has 194 valence electrons. The Hall–Kier alpha value is -1.04. The maximum atomic E-state index is 6.87. The van der Waals surface area contributed by atoms with Gasteiger partial charge in [-0.15, -0.1) is 23.5 Å². The van der Waals surface area contributed by atoms with Crippen LogP contribution in [0.1, 0.15) is 86.0 Å². The van der Waals surface area contributed by atoms with Crippen LogP contribution in [0.3, 0.4) is 0 Å². The Bertz CT molecular complexity index is 890. The van der Waals surface area contributed by atoms with E-state index in [1.807, 2.05) is 23.5 Å². The van der Waals surface area contributed by atoms with Crippen molar-refractivity contribution in [3.8, 4) is 11.5 Å². The molecule has 0 saturated heterocycles. The van der Waals surface area contributed by atoms with Crippen LogP contribution in [0, 0.1) is 0 Å². The smallest absolute Gasteiger partial charge is 0.163 e. The van der Waals surface area contributed by atoms with Gasteiger partial charge in [0.05, 0.1) is 21.2 Å². The number of benzene rings is 2. The summed E-state index contributed by atoms with van der Waals surface area (Å²) in [4.78, 5) is 2.58. The van der Waals surface area contributed by atoms with Crippen LogP contribution in [-0.2, 0) is 0 Å². The van der Waals surface area contributed by atoms with Crippen LogP contribution in [0.15, 0.2) is 46.2 Å². The SMILES string of the molecule is CCCCCCSc1cccc2c1Oc1c(SCCCCCC)cccc1N2[Si](C)(C)C(C)(C)C. The summed E-state index contributed by atoms with van der Waals surface area (Å²) < 4.78 is 9.57. The van der Waals surface area contributed by atoms with Crippen molar-refractivity contribution < 1.29 is 4.74 Å². The van der Waals surface area contributed by atoms with Crippen LogP contribution in [0.25, 0.3) is 0 Å². The van der Waals surface area contributed by atoms with E-state index in [-0.39, 0.29) is 5.04 Å². The van der Waals surface area contributed by atoms with Gasteiger partial charge < -0.3 is 9.30 Å².